The van der Waals surface area contributed by atoms with E-state index in [-0.39, 0.29) is 12.0 Å². The fourth-order valence-corrected chi connectivity index (χ4v) is 3.50. The van der Waals surface area contributed by atoms with Crippen LogP contribution in [0.5, 0.6) is 0 Å². The van der Waals surface area contributed by atoms with Gasteiger partial charge in [-0.1, -0.05) is 0 Å². The van der Waals surface area contributed by atoms with Crippen molar-refractivity contribution in [1.82, 2.24) is 34.2 Å². The molecule has 0 aromatic carbocycles. The third-order valence-corrected chi connectivity index (χ3v) is 5.08. The van der Waals surface area contributed by atoms with Crippen LogP contribution in [0.15, 0.2) is 37.1 Å². The van der Waals surface area contributed by atoms with Crippen LogP contribution in [0.25, 0.3) is 28.0 Å². The van der Waals surface area contributed by atoms with E-state index in [0.717, 1.165) is 40.9 Å². The van der Waals surface area contributed by atoms with Gasteiger partial charge >= 0.3 is 0 Å². The summed E-state index contributed by atoms with van der Waals surface area (Å²) in [5.41, 5.74) is 10.2. The third kappa shape index (κ3) is 2.45. The highest BCUT2D eigenvalue weighted by Gasteiger charge is 2.32. The van der Waals surface area contributed by atoms with E-state index in [1.54, 1.807) is 21.6 Å². The second kappa shape index (κ2) is 5.67. The number of aryl methyl sites for hydroxylation is 1. The first-order valence-electron chi connectivity index (χ1n) is 8.70. The molecule has 9 heteroatoms. The molecule has 134 valence electrons. The second-order valence-corrected chi connectivity index (χ2v) is 6.90. The van der Waals surface area contributed by atoms with Crippen molar-refractivity contribution in [2.24, 2.45) is 13.0 Å². The van der Waals surface area contributed by atoms with E-state index in [2.05, 4.69) is 21.4 Å². The molecule has 4 aromatic heterocycles. The molecule has 0 bridgehead atoms. The maximum Gasteiger partial charge on any atom is 0.155 e. The number of nitrogens with two attached hydrogens (primary N) is 1. The van der Waals surface area contributed by atoms with Gasteiger partial charge in [-0.2, -0.15) is 20.6 Å². The van der Waals surface area contributed by atoms with Gasteiger partial charge in [-0.05, 0) is 18.9 Å². The Morgan fingerprint density at radius 3 is 2.81 bits per heavy atom. The highest BCUT2D eigenvalue weighted by atomic mass is 15.3. The van der Waals surface area contributed by atoms with Gasteiger partial charge in [-0.25, -0.2) is 9.50 Å². The number of hydrogen-bond donors (Lipinski definition) is 1. The summed E-state index contributed by atoms with van der Waals surface area (Å²) in [7, 11) is 1.87. The minimum absolute atomic E-state index is 0.109. The van der Waals surface area contributed by atoms with Crippen molar-refractivity contribution < 1.29 is 0 Å². The normalized spacial score (nSPS) is 19.1. The summed E-state index contributed by atoms with van der Waals surface area (Å²) in [6, 6.07) is 4.42. The molecule has 5 rings (SSSR count). The Hall–Kier alpha value is -3.67. The van der Waals surface area contributed by atoms with Crippen LogP contribution in [0.1, 0.15) is 18.9 Å². The number of rotatable bonds is 3. The average Bonchev–Trinajstić information content (AvgIpc) is 3.33. The fraction of sp³-hybridized carbons (Fsp3) is 0.278. The van der Waals surface area contributed by atoms with Crippen LogP contribution in [-0.4, -0.2) is 34.2 Å². The Kier molecular flexibility index (Phi) is 3.27. The Balaban J connectivity index is 1.62. The zero-order valence-electron chi connectivity index (χ0n) is 14.7. The van der Waals surface area contributed by atoms with Crippen molar-refractivity contribution >= 4 is 11.3 Å². The van der Waals surface area contributed by atoms with Gasteiger partial charge in [-0.3, -0.25) is 9.36 Å². The lowest BCUT2D eigenvalue weighted by molar-refractivity contribution is 0.230. The standard InChI is InChI=1S/C18H17N9/c1-25-8-12(7-22-25)15-10-27-16(2-3-21-27)17(23-15)14-9-26(24-18(14)20)13-4-11(5-13)6-19/h2-3,7-11,13H,4-5H2,1H3,(H2,20,24). The summed E-state index contributed by atoms with van der Waals surface area (Å²) < 4.78 is 5.39. The van der Waals surface area contributed by atoms with E-state index in [0.29, 0.717) is 5.82 Å². The van der Waals surface area contributed by atoms with E-state index >= 15 is 0 Å². The van der Waals surface area contributed by atoms with Crippen molar-refractivity contribution in [2.45, 2.75) is 18.9 Å². The molecule has 0 spiro atoms. The molecule has 1 aliphatic carbocycles. The molecule has 2 N–H and O–H groups in total. The molecule has 1 fully saturated rings. The van der Waals surface area contributed by atoms with Gasteiger partial charge in [-0.15, -0.1) is 0 Å². The minimum Gasteiger partial charge on any atom is -0.382 e. The molecule has 0 amide bonds. The minimum atomic E-state index is 0.109. The van der Waals surface area contributed by atoms with Crippen LogP contribution in [-0.2, 0) is 7.05 Å². The van der Waals surface area contributed by atoms with E-state index in [4.69, 9.17) is 16.0 Å². The molecular formula is C18H17N9. The molecule has 1 saturated carbocycles. The average molecular weight is 359 g/mol. The highest BCUT2D eigenvalue weighted by Crippen LogP contribution is 2.39. The first-order valence-corrected chi connectivity index (χ1v) is 8.70. The molecule has 4 heterocycles. The first kappa shape index (κ1) is 15.6. The topological polar surface area (TPSA) is 116 Å². The van der Waals surface area contributed by atoms with Crippen LogP contribution in [0.3, 0.4) is 0 Å². The van der Waals surface area contributed by atoms with Crippen LogP contribution in [0.2, 0.25) is 0 Å². The van der Waals surface area contributed by atoms with Gasteiger partial charge in [0, 0.05) is 25.0 Å². The zero-order valence-corrected chi connectivity index (χ0v) is 14.7. The van der Waals surface area contributed by atoms with Gasteiger partial charge < -0.3 is 5.73 Å². The quantitative estimate of drug-likeness (QED) is 0.598. The van der Waals surface area contributed by atoms with Gasteiger partial charge in [0.25, 0.3) is 0 Å². The van der Waals surface area contributed by atoms with Gasteiger partial charge in [0.15, 0.2) is 5.82 Å². The molecule has 0 aliphatic heterocycles. The lowest BCUT2D eigenvalue weighted by atomic mass is 9.81. The largest absolute Gasteiger partial charge is 0.382 e. The third-order valence-electron chi connectivity index (χ3n) is 5.08. The lowest BCUT2D eigenvalue weighted by Crippen LogP contribution is -2.26. The first-order chi connectivity index (χ1) is 13.1. The summed E-state index contributed by atoms with van der Waals surface area (Å²) in [4.78, 5) is 4.84. The van der Waals surface area contributed by atoms with E-state index in [9.17, 15) is 0 Å². The SMILES string of the molecule is Cn1cc(-c2cn3nccc3c(-c3cn(C4CC(C#N)C4)nc3N)n2)cn1. The molecule has 0 saturated heterocycles. The highest BCUT2D eigenvalue weighted by molar-refractivity contribution is 5.83. The number of fused-ring (bicyclic) bond motifs is 1. The number of nitrogens with zero attached hydrogens (tertiary/aromatic N) is 8. The Bertz CT molecular complexity index is 1180. The monoisotopic (exact) mass is 359 g/mol. The van der Waals surface area contributed by atoms with Crippen LogP contribution in [0, 0.1) is 17.2 Å². The molecular weight excluding hydrogens is 342 g/mol. The number of nitrogen functional groups attached to an aromatic ring is 1. The summed E-state index contributed by atoms with van der Waals surface area (Å²) in [5, 5.41) is 22.1. The van der Waals surface area contributed by atoms with Crippen molar-refractivity contribution in [3.05, 3.63) is 37.1 Å². The Labute approximate surface area is 154 Å². The number of nitriles is 1. The van der Waals surface area contributed by atoms with Crippen molar-refractivity contribution in [3.63, 3.8) is 0 Å². The van der Waals surface area contributed by atoms with Crippen molar-refractivity contribution in [2.75, 3.05) is 5.73 Å². The Morgan fingerprint density at radius 2 is 2.07 bits per heavy atom. The molecule has 27 heavy (non-hydrogen) atoms. The number of anilines is 1. The maximum absolute atomic E-state index is 8.99. The van der Waals surface area contributed by atoms with Crippen LogP contribution in [0.4, 0.5) is 5.82 Å². The van der Waals surface area contributed by atoms with Crippen LogP contribution >= 0.6 is 0 Å². The molecule has 0 unspecified atom stereocenters. The predicted octanol–water partition coefficient (Wildman–Crippen LogP) is 2.05. The smallest absolute Gasteiger partial charge is 0.155 e. The Morgan fingerprint density at radius 1 is 1.22 bits per heavy atom. The van der Waals surface area contributed by atoms with Crippen molar-refractivity contribution in [1.29, 1.82) is 5.26 Å². The number of aromatic nitrogens is 7. The van der Waals surface area contributed by atoms with Gasteiger partial charge in [0.2, 0.25) is 0 Å². The maximum atomic E-state index is 8.99. The zero-order chi connectivity index (χ0) is 18.5. The van der Waals surface area contributed by atoms with E-state index in [1.807, 2.05) is 36.4 Å². The second-order valence-electron chi connectivity index (χ2n) is 6.90. The van der Waals surface area contributed by atoms with E-state index < -0.39 is 0 Å². The van der Waals surface area contributed by atoms with Crippen LogP contribution < -0.4 is 5.73 Å². The molecule has 0 radical (unpaired) electrons. The lowest BCUT2D eigenvalue weighted by Gasteiger charge is -2.30. The number of hydrogen-bond acceptors (Lipinski definition) is 6. The van der Waals surface area contributed by atoms with Crippen molar-refractivity contribution in [3.8, 4) is 28.6 Å². The van der Waals surface area contributed by atoms with E-state index in [1.165, 1.54) is 0 Å². The molecule has 9 nitrogen and oxygen atoms in total. The fourth-order valence-electron chi connectivity index (χ4n) is 3.50. The summed E-state index contributed by atoms with van der Waals surface area (Å²) >= 11 is 0. The predicted molar refractivity (Wildman–Crippen MR) is 98.2 cm³/mol. The summed E-state index contributed by atoms with van der Waals surface area (Å²) in [6.07, 6.45) is 10.8. The summed E-state index contributed by atoms with van der Waals surface area (Å²) in [6.45, 7) is 0. The van der Waals surface area contributed by atoms with Gasteiger partial charge in [0.1, 0.15) is 5.69 Å². The molecule has 4 aromatic rings. The van der Waals surface area contributed by atoms with Gasteiger partial charge in [0.05, 0.1) is 53.4 Å². The molecule has 0 atom stereocenters. The molecule has 1 aliphatic rings. The summed E-state index contributed by atoms with van der Waals surface area (Å²) in [5.74, 6) is 0.534.